The molecule has 140 valence electrons. The molecule has 0 unspecified atom stereocenters. The maximum atomic E-state index is 11.8. The molecule has 0 fully saturated rings. The second-order valence-electron chi connectivity index (χ2n) is 5.48. The van der Waals surface area contributed by atoms with Gasteiger partial charge in [0, 0.05) is 11.1 Å². The van der Waals surface area contributed by atoms with Gasteiger partial charge < -0.3 is 4.74 Å². The van der Waals surface area contributed by atoms with Crippen molar-refractivity contribution in [2.24, 2.45) is 0 Å². The van der Waals surface area contributed by atoms with E-state index in [0.29, 0.717) is 10.8 Å². The van der Waals surface area contributed by atoms with Gasteiger partial charge >= 0.3 is 0 Å². The zero-order valence-electron chi connectivity index (χ0n) is 14.5. The second kappa shape index (κ2) is 10.3. The summed E-state index contributed by atoms with van der Waals surface area (Å²) in [6.45, 7) is 1.76. The molecule has 0 saturated carbocycles. The summed E-state index contributed by atoms with van der Waals surface area (Å²) in [6, 6.07) is 14.3. The Morgan fingerprint density at radius 2 is 1.74 bits per heavy atom. The smallest absolute Gasteiger partial charge is 0.276 e. The van der Waals surface area contributed by atoms with Gasteiger partial charge in [-0.05, 0) is 55.0 Å². The van der Waals surface area contributed by atoms with Crippen LogP contribution in [0.2, 0.25) is 5.02 Å². The summed E-state index contributed by atoms with van der Waals surface area (Å²) in [7, 11) is 0. The van der Waals surface area contributed by atoms with E-state index in [4.69, 9.17) is 28.6 Å². The second-order valence-corrected chi connectivity index (χ2v) is 6.32. The lowest BCUT2D eigenvalue weighted by Crippen LogP contribution is -2.49. The molecule has 3 N–H and O–H groups in total. The highest BCUT2D eigenvalue weighted by molar-refractivity contribution is 7.80. The highest BCUT2D eigenvalue weighted by Crippen LogP contribution is 2.15. The molecule has 0 bridgehead atoms. The van der Waals surface area contributed by atoms with Crippen molar-refractivity contribution in [3.63, 3.8) is 0 Å². The van der Waals surface area contributed by atoms with Crippen LogP contribution in [0.5, 0.6) is 5.75 Å². The van der Waals surface area contributed by atoms with Crippen LogP contribution < -0.4 is 20.9 Å². The Hall–Kier alpha value is -2.90. The molecule has 8 heteroatoms. The SMILES string of the molecule is Cc1ccc(C=CC(=O)NC(=S)NNC(=O)COc2ccc(Cl)cc2)cc1. The van der Waals surface area contributed by atoms with Crippen LogP contribution in [0.1, 0.15) is 11.1 Å². The quantitative estimate of drug-likeness (QED) is 0.406. The molecule has 0 radical (unpaired) electrons. The average Bonchev–Trinajstić information content (AvgIpc) is 2.65. The molecule has 2 aromatic carbocycles. The number of ether oxygens (including phenoxy) is 1. The van der Waals surface area contributed by atoms with Gasteiger partial charge in [-0.2, -0.15) is 0 Å². The number of hydrogen-bond donors (Lipinski definition) is 3. The molecule has 0 heterocycles. The first-order chi connectivity index (χ1) is 12.9. The molecule has 0 atom stereocenters. The summed E-state index contributed by atoms with van der Waals surface area (Å²) in [5.74, 6) is -0.372. The van der Waals surface area contributed by atoms with Gasteiger partial charge in [-0.1, -0.05) is 41.4 Å². The average molecular weight is 404 g/mol. The number of hydrogen-bond acceptors (Lipinski definition) is 4. The Morgan fingerprint density at radius 1 is 1.07 bits per heavy atom. The molecule has 0 saturated heterocycles. The van der Waals surface area contributed by atoms with Crippen molar-refractivity contribution in [2.45, 2.75) is 6.92 Å². The predicted octanol–water partition coefficient (Wildman–Crippen LogP) is 2.76. The number of rotatable bonds is 5. The fraction of sp³-hybridized carbons (Fsp3) is 0.105. The molecular formula is C19H18ClN3O3S. The summed E-state index contributed by atoms with van der Waals surface area (Å²) < 4.78 is 5.28. The van der Waals surface area contributed by atoms with Gasteiger partial charge in [0.25, 0.3) is 5.91 Å². The Balaban J connectivity index is 1.68. The molecule has 0 aliphatic heterocycles. The molecule has 2 aromatic rings. The molecule has 27 heavy (non-hydrogen) atoms. The van der Waals surface area contributed by atoms with Gasteiger partial charge in [-0.15, -0.1) is 0 Å². The van der Waals surface area contributed by atoms with E-state index in [1.807, 2.05) is 31.2 Å². The minimum atomic E-state index is -0.461. The fourth-order valence-electron chi connectivity index (χ4n) is 1.88. The summed E-state index contributed by atoms with van der Waals surface area (Å²) >= 11 is 10.7. The highest BCUT2D eigenvalue weighted by atomic mass is 35.5. The van der Waals surface area contributed by atoms with Crippen LogP contribution in [0.15, 0.2) is 54.6 Å². The zero-order chi connectivity index (χ0) is 19.6. The van der Waals surface area contributed by atoms with Gasteiger partial charge in [0.05, 0.1) is 0 Å². The van der Waals surface area contributed by atoms with Crippen LogP contribution in [0.4, 0.5) is 0 Å². The highest BCUT2D eigenvalue weighted by Gasteiger charge is 2.05. The minimum Gasteiger partial charge on any atom is -0.484 e. The Morgan fingerprint density at radius 3 is 2.41 bits per heavy atom. The topological polar surface area (TPSA) is 79.5 Å². The summed E-state index contributed by atoms with van der Waals surface area (Å²) in [5.41, 5.74) is 6.79. The zero-order valence-corrected chi connectivity index (χ0v) is 16.1. The number of thiocarbonyl (C=S) groups is 1. The molecular weight excluding hydrogens is 386 g/mol. The molecule has 2 rings (SSSR count). The van der Waals surface area contributed by atoms with E-state index < -0.39 is 11.8 Å². The van der Waals surface area contributed by atoms with E-state index >= 15 is 0 Å². The molecule has 0 aromatic heterocycles. The maximum absolute atomic E-state index is 11.8. The Bertz CT molecular complexity index is 836. The summed E-state index contributed by atoms with van der Waals surface area (Å²) in [4.78, 5) is 23.5. The fourth-order valence-corrected chi connectivity index (χ4v) is 2.15. The first-order valence-corrected chi connectivity index (χ1v) is 8.74. The molecule has 0 aliphatic rings. The van der Waals surface area contributed by atoms with Crippen LogP contribution in [-0.2, 0) is 9.59 Å². The first kappa shape index (κ1) is 20.4. The number of aryl methyl sites for hydroxylation is 1. The minimum absolute atomic E-state index is 0.0339. The Labute approximate surface area is 167 Å². The van der Waals surface area contributed by atoms with Crippen molar-refractivity contribution in [3.05, 3.63) is 70.8 Å². The molecule has 0 aliphatic carbocycles. The largest absolute Gasteiger partial charge is 0.484 e. The molecule has 2 amide bonds. The predicted molar refractivity (Wildman–Crippen MR) is 109 cm³/mol. The monoisotopic (exact) mass is 403 g/mol. The van der Waals surface area contributed by atoms with Crippen LogP contribution in [-0.4, -0.2) is 23.5 Å². The third-order valence-electron chi connectivity index (χ3n) is 3.24. The number of hydrazine groups is 1. The van der Waals surface area contributed by atoms with E-state index in [9.17, 15) is 9.59 Å². The number of benzene rings is 2. The normalized spacial score (nSPS) is 10.3. The van der Waals surface area contributed by atoms with Gasteiger partial charge in [0.15, 0.2) is 11.7 Å². The molecule has 0 spiro atoms. The lowest BCUT2D eigenvalue weighted by Gasteiger charge is -2.10. The Kier molecular flexibility index (Phi) is 7.79. The lowest BCUT2D eigenvalue weighted by atomic mass is 10.1. The van der Waals surface area contributed by atoms with E-state index in [-0.39, 0.29) is 11.7 Å². The standard InChI is InChI=1S/C19H18ClN3O3S/c1-13-2-4-14(5-3-13)6-11-17(24)21-19(27)23-22-18(25)12-26-16-9-7-15(20)8-10-16/h2-11H,12H2,1H3,(H,22,25)(H2,21,23,24,27). The van der Waals surface area contributed by atoms with Crippen molar-refractivity contribution in [2.75, 3.05) is 6.61 Å². The number of carbonyl (C=O) groups is 2. The van der Waals surface area contributed by atoms with Crippen molar-refractivity contribution in [3.8, 4) is 5.75 Å². The van der Waals surface area contributed by atoms with E-state index in [1.165, 1.54) is 6.08 Å². The van der Waals surface area contributed by atoms with Crippen molar-refractivity contribution in [1.29, 1.82) is 0 Å². The molecule has 6 nitrogen and oxygen atoms in total. The number of nitrogens with one attached hydrogen (secondary N) is 3. The summed E-state index contributed by atoms with van der Waals surface area (Å²) in [5, 5.41) is 2.96. The van der Waals surface area contributed by atoms with Crippen LogP contribution >= 0.6 is 23.8 Å². The third kappa shape index (κ3) is 7.89. The lowest BCUT2D eigenvalue weighted by molar-refractivity contribution is -0.123. The van der Waals surface area contributed by atoms with Gasteiger partial charge in [-0.3, -0.25) is 25.8 Å². The third-order valence-corrected chi connectivity index (χ3v) is 3.70. The van der Waals surface area contributed by atoms with Gasteiger partial charge in [0.1, 0.15) is 5.75 Å². The van der Waals surface area contributed by atoms with E-state index in [1.54, 1.807) is 30.3 Å². The number of halogens is 1. The van der Waals surface area contributed by atoms with E-state index in [0.717, 1.165) is 11.1 Å². The van der Waals surface area contributed by atoms with Gasteiger partial charge in [-0.25, -0.2) is 0 Å². The van der Waals surface area contributed by atoms with Gasteiger partial charge in [0.2, 0.25) is 5.91 Å². The number of carbonyl (C=O) groups excluding carboxylic acids is 2. The first-order valence-electron chi connectivity index (χ1n) is 7.95. The van der Waals surface area contributed by atoms with Crippen molar-refractivity contribution >= 4 is 46.8 Å². The van der Waals surface area contributed by atoms with Crippen LogP contribution in [0, 0.1) is 6.92 Å². The maximum Gasteiger partial charge on any atom is 0.276 e. The summed E-state index contributed by atoms with van der Waals surface area (Å²) in [6.07, 6.45) is 3.01. The number of amides is 2. The van der Waals surface area contributed by atoms with Crippen molar-refractivity contribution < 1.29 is 14.3 Å². The van der Waals surface area contributed by atoms with E-state index in [2.05, 4.69) is 16.2 Å². The van der Waals surface area contributed by atoms with Crippen LogP contribution in [0.3, 0.4) is 0 Å². The van der Waals surface area contributed by atoms with Crippen molar-refractivity contribution in [1.82, 2.24) is 16.2 Å². The van der Waals surface area contributed by atoms with Crippen LogP contribution in [0.25, 0.3) is 6.08 Å².